The van der Waals surface area contributed by atoms with Crippen LogP contribution in [0.1, 0.15) is 12.2 Å². The summed E-state index contributed by atoms with van der Waals surface area (Å²) in [5.41, 5.74) is 0.638. The maximum Gasteiger partial charge on any atom is 0.525 e. The van der Waals surface area contributed by atoms with Crippen LogP contribution in [0.15, 0.2) is 18.2 Å². The molecular formula is C9H5ClF4N2O. The highest BCUT2D eigenvalue weighted by Gasteiger charge is 2.35. The number of imidazole rings is 1. The zero-order chi connectivity index (χ0) is 12.6. The molecule has 0 aliphatic heterocycles. The highest BCUT2D eigenvalue weighted by atomic mass is 35.5. The number of ether oxygens (including phenoxy) is 1. The van der Waals surface area contributed by atoms with E-state index in [4.69, 9.17) is 11.6 Å². The fourth-order valence-corrected chi connectivity index (χ4v) is 1.45. The molecule has 0 aliphatic carbocycles. The van der Waals surface area contributed by atoms with Crippen molar-refractivity contribution in [2.45, 2.75) is 12.7 Å². The van der Waals surface area contributed by atoms with Gasteiger partial charge in [0.15, 0.2) is 5.82 Å². The van der Waals surface area contributed by atoms with Crippen molar-refractivity contribution in [1.82, 2.24) is 9.97 Å². The molecule has 17 heavy (non-hydrogen) atoms. The number of hydrogen-bond acceptors (Lipinski definition) is 2. The van der Waals surface area contributed by atoms with Crippen LogP contribution in [0.3, 0.4) is 0 Å². The molecule has 2 rings (SSSR count). The number of alkyl halides is 4. The predicted molar refractivity (Wildman–Crippen MR) is 52.1 cm³/mol. The first-order valence-electron chi connectivity index (χ1n) is 4.39. The van der Waals surface area contributed by atoms with Crippen molar-refractivity contribution in [2.24, 2.45) is 0 Å². The van der Waals surface area contributed by atoms with Crippen molar-refractivity contribution in [2.75, 3.05) is 0 Å². The monoisotopic (exact) mass is 268 g/mol. The molecule has 2 aromatic rings. The molecule has 1 unspecified atom stereocenters. The molecule has 1 atom stereocenters. The standard InChI is InChI=1S/C9H5ClF4N2O/c10-4-1-2-5-6(3-4)16-8(15-5)7(11)17-9(12,13)14/h1-3,7H,(H,15,16). The molecule has 0 radical (unpaired) electrons. The number of halogens is 5. The molecule has 3 nitrogen and oxygen atoms in total. The molecule has 0 saturated heterocycles. The Bertz CT molecular complexity index is 539. The van der Waals surface area contributed by atoms with E-state index in [2.05, 4.69) is 14.7 Å². The molecule has 1 aromatic heterocycles. The lowest BCUT2D eigenvalue weighted by molar-refractivity contribution is -0.364. The summed E-state index contributed by atoms with van der Waals surface area (Å²) in [5, 5.41) is 0.361. The van der Waals surface area contributed by atoms with Gasteiger partial charge in [-0.05, 0) is 18.2 Å². The van der Waals surface area contributed by atoms with E-state index in [1.807, 2.05) is 0 Å². The van der Waals surface area contributed by atoms with E-state index in [0.29, 0.717) is 16.1 Å². The van der Waals surface area contributed by atoms with Crippen molar-refractivity contribution in [3.05, 3.63) is 29.0 Å². The van der Waals surface area contributed by atoms with Crippen LogP contribution in [0.5, 0.6) is 0 Å². The van der Waals surface area contributed by atoms with Crippen LogP contribution in [-0.4, -0.2) is 16.3 Å². The summed E-state index contributed by atoms with van der Waals surface area (Å²) < 4.78 is 51.7. The average Bonchev–Trinajstić information content (AvgIpc) is 2.57. The Morgan fingerprint density at radius 1 is 1.35 bits per heavy atom. The number of fused-ring (bicyclic) bond motifs is 1. The lowest BCUT2D eigenvalue weighted by Gasteiger charge is -2.09. The predicted octanol–water partition coefficient (Wildman–Crippen LogP) is 3.72. The Kier molecular flexibility index (Phi) is 2.96. The maximum atomic E-state index is 13.1. The first-order chi connectivity index (χ1) is 7.85. The van der Waals surface area contributed by atoms with Gasteiger partial charge in [-0.15, -0.1) is 13.2 Å². The van der Waals surface area contributed by atoms with Gasteiger partial charge in [-0.2, -0.15) is 0 Å². The Labute approximate surface area is 97.4 Å². The third kappa shape index (κ3) is 2.86. The lowest BCUT2D eigenvalue weighted by Crippen LogP contribution is -2.16. The van der Waals surface area contributed by atoms with Crippen LogP contribution in [0.2, 0.25) is 5.02 Å². The molecule has 1 aromatic carbocycles. The summed E-state index contributed by atoms with van der Waals surface area (Å²) in [6, 6.07) is 4.37. The van der Waals surface area contributed by atoms with E-state index in [-0.39, 0.29) is 0 Å². The largest absolute Gasteiger partial charge is 0.525 e. The first kappa shape index (κ1) is 12.1. The van der Waals surface area contributed by atoms with Gasteiger partial charge >= 0.3 is 6.36 Å². The van der Waals surface area contributed by atoms with E-state index >= 15 is 0 Å². The van der Waals surface area contributed by atoms with Crippen molar-refractivity contribution < 1.29 is 22.3 Å². The smallest absolute Gasteiger partial charge is 0.337 e. The zero-order valence-corrected chi connectivity index (χ0v) is 8.81. The van der Waals surface area contributed by atoms with E-state index < -0.39 is 18.5 Å². The summed E-state index contributed by atoms with van der Waals surface area (Å²) in [5.74, 6) is -0.556. The minimum atomic E-state index is -5.06. The van der Waals surface area contributed by atoms with Crippen LogP contribution < -0.4 is 0 Å². The number of benzene rings is 1. The van der Waals surface area contributed by atoms with Gasteiger partial charge in [-0.1, -0.05) is 11.6 Å². The first-order valence-corrected chi connectivity index (χ1v) is 4.77. The third-order valence-corrected chi connectivity index (χ3v) is 2.15. The second-order valence-electron chi connectivity index (χ2n) is 3.16. The Morgan fingerprint density at radius 3 is 2.71 bits per heavy atom. The number of nitrogens with zero attached hydrogens (tertiary/aromatic N) is 1. The van der Waals surface area contributed by atoms with E-state index in [1.165, 1.54) is 18.2 Å². The second kappa shape index (κ2) is 4.15. The van der Waals surface area contributed by atoms with Crippen molar-refractivity contribution in [1.29, 1.82) is 0 Å². The Balaban J connectivity index is 2.30. The number of aromatic nitrogens is 2. The normalized spacial score (nSPS) is 14.2. The Hall–Kier alpha value is -1.34. The minimum Gasteiger partial charge on any atom is -0.337 e. The quantitative estimate of drug-likeness (QED) is 0.843. The summed E-state index contributed by atoms with van der Waals surface area (Å²) in [6.07, 6.45) is -7.75. The van der Waals surface area contributed by atoms with Crippen molar-refractivity contribution in [3.63, 3.8) is 0 Å². The van der Waals surface area contributed by atoms with Crippen molar-refractivity contribution in [3.8, 4) is 0 Å². The summed E-state index contributed by atoms with van der Waals surface area (Å²) in [4.78, 5) is 5.99. The van der Waals surface area contributed by atoms with E-state index in [9.17, 15) is 17.6 Å². The van der Waals surface area contributed by atoms with Gasteiger partial charge in [0.2, 0.25) is 0 Å². The molecule has 0 aliphatic rings. The van der Waals surface area contributed by atoms with Gasteiger partial charge in [-0.3, -0.25) is 0 Å². The molecular weight excluding hydrogens is 264 g/mol. The van der Waals surface area contributed by atoms with Gasteiger partial charge in [0, 0.05) is 5.02 Å². The number of H-pyrrole nitrogens is 1. The molecule has 1 heterocycles. The second-order valence-corrected chi connectivity index (χ2v) is 3.60. The van der Waals surface area contributed by atoms with E-state index in [1.54, 1.807) is 0 Å². The van der Waals surface area contributed by atoms with Gasteiger partial charge in [0.25, 0.3) is 6.36 Å². The Morgan fingerprint density at radius 2 is 2.06 bits per heavy atom. The fourth-order valence-electron chi connectivity index (χ4n) is 1.28. The molecule has 8 heteroatoms. The van der Waals surface area contributed by atoms with Crippen LogP contribution in [-0.2, 0) is 4.74 Å². The van der Waals surface area contributed by atoms with Crippen molar-refractivity contribution >= 4 is 22.6 Å². The summed E-state index contributed by atoms with van der Waals surface area (Å²) >= 11 is 5.66. The van der Waals surface area contributed by atoms with Crippen LogP contribution >= 0.6 is 11.6 Å². The minimum absolute atomic E-state index is 0.304. The SMILES string of the molecule is FC(OC(F)(F)F)c1nc2ccc(Cl)cc2[nH]1. The molecule has 1 N–H and O–H groups in total. The number of rotatable bonds is 2. The lowest BCUT2D eigenvalue weighted by atomic mass is 10.3. The van der Waals surface area contributed by atoms with Crippen LogP contribution in [0, 0.1) is 0 Å². The summed E-state index contributed by atoms with van der Waals surface area (Å²) in [6.45, 7) is 0. The molecule has 0 fully saturated rings. The van der Waals surface area contributed by atoms with Gasteiger partial charge in [0.1, 0.15) is 0 Å². The molecule has 0 saturated carbocycles. The van der Waals surface area contributed by atoms with Crippen LogP contribution in [0.4, 0.5) is 17.6 Å². The van der Waals surface area contributed by atoms with Crippen LogP contribution in [0.25, 0.3) is 11.0 Å². The average molecular weight is 269 g/mol. The molecule has 0 amide bonds. The molecule has 92 valence electrons. The summed E-state index contributed by atoms with van der Waals surface area (Å²) in [7, 11) is 0. The fraction of sp³-hybridized carbons (Fsp3) is 0.222. The topological polar surface area (TPSA) is 37.9 Å². The molecule has 0 spiro atoms. The number of hydrogen-bond donors (Lipinski definition) is 1. The molecule has 0 bridgehead atoms. The number of aromatic amines is 1. The number of nitrogens with one attached hydrogen (secondary N) is 1. The van der Waals surface area contributed by atoms with Gasteiger partial charge in [0.05, 0.1) is 11.0 Å². The maximum absolute atomic E-state index is 13.1. The third-order valence-electron chi connectivity index (χ3n) is 1.91. The highest BCUT2D eigenvalue weighted by Crippen LogP contribution is 2.28. The highest BCUT2D eigenvalue weighted by molar-refractivity contribution is 6.31. The van der Waals surface area contributed by atoms with Gasteiger partial charge in [-0.25, -0.2) is 14.1 Å². The van der Waals surface area contributed by atoms with Gasteiger partial charge < -0.3 is 4.98 Å². The van der Waals surface area contributed by atoms with E-state index in [0.717, 1.165) is 0 Å². The zero-order valence-electron chi connectivity index (χ0n) is 8.05.